The van der Waals surface area contributed by atoms with Gasteiger partial charge in [0.2, 0.25) is 0 Å². The van der Waals surface area contributed by atoms with Crippen LogP contribution in [0.5, 0.6) is 0 Å². The first-order chi connectivity index (χ1) is 9.18. The minimum Gasteiger partial charge on any atom is -0.393 e. The van der Waals surface area contributed by atoms with E-state index < -0.39 is 0 Å². The highest BCUT2D eigenvalue weighted by Gasteiger charge is 2.44. The molecule has 104 valence electrons. The van der Waals surface area contributed by atoms with Crippen molar-refractivity contribution < 1.29 is 5.11 Å². The van der Waals surface area contributed by atoms with Crippen LogP contribution in [0, 0.1) is 12.3 Å². The van der Waals surface area contributed by atoms with E-state index in [1.54, 1.807) is 0 Å². The van der Waals surface area contributed by atoms with Gasteiger partial charge in [0.1, 0.15) is 0 Å². The predicted octanol–water partition coefficient (Wildman–Crippen LogP) is 3.12. The maximum atomic E-state index is 10.3. The first-order valence-corrected chi connectivity index (χ1v) is 7.64. The molecule has 0 radical (unpaired) electrons. The normalized spacial score (nSPS) is 32.0. The highest BCUT2D eigenvalue weighted by atomic mass is 16.3. The van der Waals surface area contributed by atoms with E-state index >= 15 is 0 Å². The van der Waals surface area contributed by atoms with E-state index in [0.717, 1.165) is 19.5 Å². The first kappa shape index (κ1) is 13.1. The third kappa shape index (κ3) is 2.70. The molecular weight excluding hydrogens is 234 g/mol. The molecule has 19 heavy (non-hydrogen) atoms. The number of benzene rings is 1. The molecule has 1 spiro atoms. The van der Waals surface area contributed by atoms with Crippen molar-refractivity contribution in [3.8, 4) is 0 Å². The van der Waals surface area contributed by atoms with Crippen LogP contribution in [0.2, 0.25) is 0 Å². The fraction of sp³-hybridized carbons (Fsp3) is 0.647. The van der Waals surface area contributed by atoms with Crippen molar-refractivity contribution in [2.75, 3.05) is 13.1 Å². The average Bonchev–Trinajstić information content (AvgIpc) is 2.74. The van der Waals surface area contributed by atoms with Gasteiger partial charge in [0.25, 0.3) is 0 Å². The number of aryl methyl sites for hydroxylation is 1. The SMILES string of the molecule is Cc1ccc(CN2CCC[C@@]3(CCC[C@H]3O)C2)cc1. The Morgan fingerprint density at radius 3 is 2.63 bits per heavy atom. The van der Waals surface area contributed by atoms with Gasteiger partial charge in [0.15, 0.2) is 0 Å². The van der Waals surface area contributed by atoms with E-state index in [4.69, 9.17) is 0 Å². The summed E-state index contributed by atoms with van der Waals surface area (Å²) < 4.78 is 0. The largest absolute Gasteiger partial charge is 0.393 e. The van der Waals surface area contributed by atoms with Crippen LogP contribution < -0.4 is 0 Å². The summed E-state index contributed by atoms with van der Waals surface area (Å²) in [6, 6.07) is 8.86. The van der Waals surface area contributed by atoms with E-state index in [-0.39, 0.29) is 11.5 Å². The summed E-state index contributed by atoms with van der Waals surface area (Å²) in [4.78, 5) is 2.54. The molecule has 1 saturated heterocycles. The van der Waals surface area contributed by atoms with Crippen molar-refractivity contribution in [2.45, 2.75) is 51.7 Å². The topological polar surface area (TPSA) is 23.5 Å². The highest BCUT2D eigenvalue weighted by molar-refractivity contribution is 5.21. The number of aliphatic hydroxyl groups excluding tert-OH is 1. The second-order valence-electron chi connectivity index (χ2n) is 6.57. The summed E-state index contributed by atoms with van der Waals surface area (Å²) >= 11 is 0. The zero-order valence-electron chi connectivity index (χ0n) is 11.9. The molecule has 0 aromatic heterocycles. The predicted molar refractivity (Wildman–Crippen MR) is 78.0 cm³/mol. The Labute approximate surface area is 116 Å². The number of aliphatic hydroxyl groups is 1. The second kappa shape index (κ2) is 5.26. The highest BCUT2D eigenvalue weighted by Crippen LogP contribution is 2.45. The molecule has 1 aromatic rings. The van der Waals surface area contributed by atoms with Crippen LogP contribution in [0.3, 0.4) is 0 Å². The van der Waals surface area contributed by atoms with E-state index in [1.165, 1.54) is 43.4 Å². The molecule has 1 heterocycles. The molecule has 2 atom stereocenters. The Balaban J connectivity index is 1.67. The van der Waals surface area contributed by atoms with Crippen LogP contribution in [0.15, 0.2) is 24.3 Å². The molecule has 3 rings (SSSR count). The zero-order valence-corrected chi connectivity index (χ0v) is 11.9. The molecule has 1 N–H and O–H groups in total. The first-order valence-electron chi connectivity index (χ1n) is 7.64. The lowest BCUT2D eigenvalue weighted by Gasteiger charge is -2.42. The number of likely N-dealkylation sites (tertiary alicyclic amines) is 1. The van der Waals surface area contributed by atoms with Crippen LogP contribution >= 0.6 is 0 Å². The lowest BCUT2D eigenvalue weighted by atomic mass is 9.76. The fourth-order valence-corrected chi connectivity index (χ4v) is 3.94. The van der Waals surface area contributed by atoms with Gasteiger partial charge in [-0.15, -0.1) is 0 Å². The quantitative estimate of drug-likeness (QED) is 0.882. The molecule has 2 nitrogen and oxygen atoms in total. The van der Waals surface area contributed by atoms with Gasteiger partial charge in [-0.05, 0) is 44.7 Å². The van der Waals surface area contributed by atoms with Crippen molar-refractivity contribution in [1.82, 2.24) is 4.90 Å². The molecular formula is C17H25NO. The minimum atomic E-state index is -0.0617. The van der Waals surface area contributed by atoms with Crippen LogP contribution in [0.25, 0.3) is 0 Å². The molecule has 1 aliphatic heterocycles. The number of nitrogens with zero attached hydrogens (tertiary/aromatic N) is 1. The lowest BCUT2D eigenvalue weighted by molar-refractivity contribution is -0.0120. The van der Waals surface area contributed by atoms with E-state index in [0.29, 0.717) is 0 Å². The second-order valence-corrected chi connectivity index (χ2v) is 6.57. The standard InChI is InChI=1S/C17H25NO/c1-14-5-7-15(8-6-14)12-18-11-3-10-17(13-18)9-2-4-16(17)19/h5-8,16,19H,2-4,9-13H2,1H3/t16-,17+/m1/s1. The summed E-state index contributed by atoms with van der Waals surface area (Å²) in [6.45, 7) is 5.44. The number of piperidine rings is 1. The molecule has 1 aliphatic carbocycles. The third-order valence-electron chi connectivity index (χ3n) is 5.07. The van der Waals surface area contributed by atoms with Crippen molar-refractivity contribution in [2.24, 2.45) is 5.41 Å². The molecule has 2 fully saturated rings. The van der Waals surface area contributed by atoms with E-state index in [2.05, 4.69) is 36.1 Å². The zero-order chi connectivity index (χ0) is 13.3. The van der Waals surface area contributed by atoms with Crippen LogP contribution in [-0.4, -0.2) is 29.2 Å². The monoisotopic (exact) mass is 259 g/mol. The Kier molecular flexibility index (Phi) is 3.64. The maximum Gasteiger partial charge on any atom is 0.0608 e. The molecule has 0 bridgehead atoms. The van der Waals surface area contributed by atoms with Crippen molar-refractivity contribution in [3.05, 3.63) is 35.4 Å². The third-order valence-corrected chi connectivity index (χ3v) is 5.07. The summed E-state index contributed by atoms with van der Waals surface area (Å²) in [7, 11) is 0. The van der Waals surface area contributed by atoms with Gasteiger partial charge in [-0.1, -0.05) is 36.2 Å². The molecule has 0 amide bonds. The van der Waals surface area contributed by atoms with Crippen LogP contribution in [0.1, 0.15) is 43.2 Å². The van der Waals surface area contributed by atoms with Gasteiger partial charge in [-0.3, -0.25) is 4.90 Å². The fourth-order valence-electron chi connectivity index (χ4n) is 3.94. The van der Waals surface area contributed by atoms with Gasteiger partial charge >= 0.3 is 0 Å². The Hall–Kier alpha value is -0.860. The Morgan fingerprint density at radius 2 is 1.95 bits per heavy atom. The van der Waals surface area contributed by atoms with Crippen molar-refractivity contribution in [1.29, 1.82) is 0 Å². The van der Waals surface area contributed by atoms with Crippen LogP contribution in [-0.2, 0) is 6.54 Å². The molecule has 2 heteroatoms. The van der Waals surface area contributed by atoms with Crippen LogP contribution in [0.4, 0.5) is 0 Å². The minimum absolute atomic E-state index is 0.0617. The van der Waals surface area contributed by atoms with Gasteiger partial charge in [0, 0.05) is 18.5 Å². The molecule has 1 aromatic carbocycles. The van der Waals surface area contributed by atoms with Crippen molar-refractivity contribution >= 4 is 0 Å². The van der Waals surface area contributed by atoms with Gasteiger partial charge < -0.3 is 5.11 Å². The number of rotatable bonds is 2. The van der Waals surface area contributed by atoms with Crippen molar-refractivity contribution in [3.63, 3.8) is 0 Å². The lowest BCUT2D eigenvalue weighted by Crippen LogP contribution is -2.46. The summed E-state index contributed by atoms with van der Waals surface area (Å²) in [5, 5.41) is 10.3. The molecule has 2 aliphatic rings. The summed E-state index contributed by atoms with van der Waals surface area (Å²) in [5.74, 6) is 0. The van der Waals surface area contributed by atoms with Gasteiger partial charge in [0.05, 0.1) is 6.10 Å². The molecule has 0 unspecified atom stereocenters. The summed E-state index contributed by atoms with van der Waals surface area (Å²) in [6.07, 6.45) is 5.84. The maximum absolute atomic E-state index is 10.3. The molecule has 1 saturated carbocycles. The summed E-state index contributed by atoms with van der Waals surface area (Å²) in [5.41, 5.74) is 2.93. The van der Waals surface area contributed by atoms with E-state index in [9.17, 15) is 5.11 Å². The smallest absolute Gasteiger partial charge is 0.0608 e. The van der Waals surface area contributed by atoms with E-state index in [1.807, 2.05) is 0 Å². The van der Waals surface area contributed by atoms with Gasteiger partial charge in [-0.2, -0.15) is 0 Å². The Bertz CT molecular complexity index is 427. The average molecular weight is 259 g/mol. The number of hydrogen-bond acceptors (Lipinski definition) is 2. The Morgan fingerprint density at radius 1 is 1.21 bits per heavy atom. The van der Waals surface area contributed by atoms with Gasteiger partial charge in [-0.25, -0.2) is 0 Å². The number of hydrogen-bond donors (Lipinski definition) is 1.